The number of nitrogens with zero attached hydrogens (tertiary/aromatic N) is 4. The summed E-state index contributed by atoms with van der Waals surface area (Å²) >= 11 is 0. The van der Waals surface area contributed by atoms with Gasteiger partial charge in [-0.3, -0.25) is 9.48 Å². The molecule has 0 aliphatic carbocycles. The summed E-state index contributed by atoms with van der Waals surface area (Å²) in [6.07, 6.45) is 6.51. The molecule has 2 unspecified atom stereocenters. The van der Waals surface area contributed by atoms with Crippen LogP contribution < -0.4 is 10.6 Å². The van der Waals surface area contributed by atoms with Crippen LogP contribution in [0.15, 0.2) is 24.7 Å². The summed E-state index contributed by atoms with van der Waals surface area (Å²) in [6, 6.07) is 2.11. The molecule has 2 rings (SSSR count). The summed E-state index contributed by atoms with van der Waals surface area (Å²) in [5.74, 6) is 0.667. The van der Waals surface area contributed by atoms with Crippen LogP contribution in [0.5, 0.6) is 0 Å². The van der Waals surface area contributed by atoms with Crippen molar-refractivity contribution in [3.8, 4) is 0 Å². The van der Waals surface area contributed by atoms with Gasteiger partial charge in [-0.2, -0.15) is 10.2 Å². The molecule has 0 aromatic carbocycles. The lowest BCUT2D eigenvalue weighted by atomic mass is 10.2. The molecular formula is C16H26N6O. The predicted octanol–water partition coefficient (Wildman–Crippen LogP) is 1.98. The van der Waals surface area contributed by atoms with Gasteiger partial charge >= 0.3 is 0 Å². The van der Waals surface area contributed by atoms with E-state index in [0.717, 1.165) is 24.3 Å². The van der Waals surface area contributed by atoms with Gasteiger partial charge in [0.05, 0.1) is 25.0 Å². The normalized spacial score (nSPS) is 13.7. The molecule has 7 heteroatoms. The lowest BCUT2D eigenvalue weighted by molar-refractivity contribution is -0.115. The Kier molecular flexibility index (Phi) is 5.92. The van der Waals surface area contributed by atoms with Gasteiger partial charge in [-0.1, -0.05) is 6.92 Å². The van der Waals surface area contributed by atoms with E-state index < -0.39 is 0 Å². The molecule has 0 saturated carbocycles. The largest absolute Gasteiger partial charge is 0.310 e. The number of hydrogen-bond acceptors (Lipinski definition) is 4. The van der Waals surface area contributed by atoms with E-state index in [1.165, 1.54) is 0 Å². The molecule has 2 aromatic rings. The van der Waals surface area contributed by atoms with Crippen LogP contribution in [0.4, 0.5) is 5.82 Å². The van der Waals surface area contributed by atoms with Gasteiger partial charge < -0.3 is 10.6 Å². The van der Waals surface area contributed by atoms with Gasteiger partial charge in [0, 0.05) is 24.8 Å². The SMILES string of the molecule is CCCn1nccc1NC(=O)CNC(C)C(C)n1cc(C)cn1. The highest BCUT2D eigenvalue weighted by Crippen LogP contribution is 2.11. The summed E-state index contributed by atoms with van der Waals surface area (Å²) in [4.78, 5) is 12.1. The van der Waals surface area contributed by atoms with Crippen LogP contribution in [0.3, 0.4) is 0 Å². The summed E-state index contributed by atoms with van der Waals surface area (Å²) in [6.45, 7) is 9.27. The number of hydrogen-bond donors (Lipinski definition) is 2. The zero-order valence-corrected chi connectivity index (χ0v) is 14.3. The molecule has 2 heterocycles. The summed E-state index contributed by atoms with van der Waals surface area (Å²) in [5.41, 5.74) is 1.13. The highest BCUT2D eigenvalue weighted by Gasteiger charge is 2.16. The maximum Gasteiger partial charge on any atom is 0.239 e. The third-order valence-corrected chi connectivity index (χ3v) is 3.88. The standard InChI is InChI=1S/C16H26N6O/c1-5-8-21-15(6-7-18-21)20-16(23)10-17-13(3)14(4)22-11-12(2)9-19-22/h6-7,9,11,13-14,17H,5,8,10H2,1-4H3,(H,20,23). The number of carbonyl (C=O) groups excluding carboxylic acids is 1. The van der Waals surface area contributed by atoms with Gasteiger partial charge in [0.2, 0.25) is 5.91 Å². The molecular weight excluding hydrogens is 292 g/mol. The molecule has 1 amide bonds. The van der Waals surface area contributed by atoms with Crippen LogP contribution in [0, 0.1) is 6.92 Å². The van der Waals surface area contributed by atoms with Gasteiger partial charge in [-0.25, -0.2) is 4.68 Å². The molecule has 0 aliphatic rings. The van der Waals surface area contributed by atoms with Crippen molar-refractivity contribution in [1.29, 1.82) is 0 Å². The fraction of sp³-hybridized carbons (Fsp3) is 0.562. The van der Waals surface area contributed by atoms with E-state index in [2.05, 4.69) is 41.6 Å². The first-order valence-corrected chi connectivity index (χ1v) is 8.07. The van der Waals surface area contributed by atoms with Crippen molar-refractivity contribution in [2.75, 3.05) is 11.9 Å². The van der Waals surface area contributed by atoms with Crippen LogP contribution in [0.25, 0.3) is 0 Å². The van der Waals surface area contributed by atoms with E-state index in [0.29, 0.717) is 0 Å². The Morgan fingerprint density at radius 2 is 2.13 bits per heavy atom. The van der Waals surface area contributed by atoms with Gasteiger partial charge in [-0.05, 0) is 32.8 Å². The molecule has 0 aliphatic heterocycles. The second kappa shape index (κ2) is 7.92. The molecule has 2 atom stereocenters. The van der Waals surface area contributed by atoms with Crippen molar-refractivity contribution in [2.24, 2.45) is 0 Å². The molecule has 126 valence electrons. The number of amides is 1. The minimum atomic E-state index is -0.0708. The predicted molar refractivity (Wildman–Crippen MR) is 90.3 cm³/mol. The molecule has 2 aromatic heterocycles. The quantitative estimate of drug-likeness (QED) is 0.780. The molecule has 7 nitrogen and oxygen atoms in total. The van der Waals surface area contributed by atoms with Crippen molar-refractivity contribution < 1.29 is 4.79 Å². The van der Waals surface area contributed by atoms with E-state index in [-0.39, 0.29) is 24.5 Å². The number of aryl methyl sites for hydroxylation is 2. The smallest absolute Gasteiger partial charge is 0.239 e. The van der Waals surface area contributed by atoms with Crippen molar-refractivity contribution in [1.82, 2.24) is 24.9 Å². The minimum Gasteiger partial charge on any atom is -0.310 e. The molecule has 0 radical (unpaired) electrons. The Morgan fingerprint density at radius 3 is 2.78 bits per heavy atom. The minimum absolute atomic E-state index is 0.0708. The van der Waals surface area contributed by atoms with Gasteiger partial charge in [-0.15, -0.1) is 0 Å². The van der Waals surface area contributed by atoms with E-state index in [1.54, 1.807) is 10.9 Å². The van der Waals surface area contributed by atoms with Crippen LogP contribution in [-0.4, -0.2) is 38.1 Å². The average Bonchev–Trinajstić information content (AvgIpc) is 3.14. The number of rotatable bonds is 8. The Bertz CT molecular complexity index is 632. The summed E-state index contributed by atoms with van der Waals surface area (Å²) < 4.78 is 3.72. The molecule has 0 fully saturated rings. The molecule has 23 heavy (non-hydrogen) atoms. The van der Waals surface area contributed by atoms with E-state index in [9.17, 15) is 4.79 Å². The zero-order chi connectivity index (χ0) is 16.8. The number of aromatic nitrogens is 4. The first kappa shape index (κ1) is 17.2. The zero-order valence-electron chi connectivity index (χ0n) is 14.3. The molecule has 0 bridgehead atoms. The van der Waals surface area contributed by atoms with Crippen molar-refractivity contribution in [2.45, 2.75) is 52.7 Å². The third kappa shape index (κ3) is 4.66. The molecule has 2 N–H and O–H groups in total. The maximum atomic E-state index is 12.1. The van der Waals surface area contributed by atoms with E-state index in [1.807, 2.05) is 30.1 Å². The average molecular weight is 318 g/mol. The first-order chi connectivity index (χ1) is 11.0. The van der Waals surface area contributed by atoms with Crippen LogP contribution in [-0.2, 0) is 11.3 Å². The number of nitrogens with one attached hydrogen (secondary N) is 2. The Morgan fingerprint density at radius 1 is 1.35 bits per heavy atom. The number of carbonyl (C=O) groups is 1. The Balaban J connectivity index is 1.82. The topological polar surface area (TPSA) is 76.8 Å². The van der Waals surface area contributed by atoms with Crippen molar-refractivity contribution in [3.63, 3.8) is 0 Å². The lowest BCUT2D eigenvalue weighted by Crippen LogP contribution is -2.39. The lowest BCUT2D eigenvalue weighted by Gasteiger charge is -2.21. The third-order valence-electron chi connectivity index (χ3n) is 3.88. The van der Waals surface area contributed by atoms with Gasteiger partial charge in [0.25, 0.3) is 0 Å². The summed E-state index contributed by atoms with van der Waals surface area (Å²) in [5, 5.41) is 14.7. The van der Waals surface area contributed by atoms with Gasteiger partial charge in [0.15, 0.2) is 0 Å². The summed E-state index contributed by atoms with van der Waals surface area (Å²) in [7, 11) is 0. The van der Waals surface area contributed by atoms with Crippen LogP contribution in [0.1, 0.15) is 38.8 Å². The molecule has 0 spiro atoms. The monoisotopic (exact) mass is 318 g/mol. The highest BCUT2D eigenvalue weighted by atomic mass is 16.2. The van der Waals surface area contributed by atoms with Crippen LogP contribution in [0.2, 0.25) is 0 Å². The van der Waals surface area contributed by atoms with E-state index >= 15 is 0 Å². The number of anilines is 1. The highest BCUT2D eigenvalue weighted by molar-refractivity contribution is 5.91. The maximum absolute atomic E-state index is 12.1. The first-order valence-electron chi connectivity index (χ1n) is 8.07. The second-order valence-electron chi connectivity index (χ2n) is 5.90. The second-order valence-corrected chi connectivity index (χ2v) is 5.90. The Labute approximate surface area is 137 Å². The van der Waals surface area contributed by atoms with Crippen LogP contribution >= 0.6 is 0 Å². The fourth-order valence-corrected chi connectivity index (χ4v) is 2.32. The fourth-order valence-electron chi connectivity index (χ4n) is 2.32. The molecule has 0 saturated heterocycles. The van der Waals surface area contributed by atoms with Crippen molar-refractivity contribution in [3.05, 3.63) is 30.2 Å². The van der Waals surface area contributed by atoms with E-state index in [4.69, 9.17) is 0 Å². The van der Waals surface area contributed by atoms with Crippen molar-refractivity contribution >= 4 is 11.7 Å². The Hall–Kier alpha value is -2.15. The van der Waals surface area contributed by atoms with Gasteiger partial charge in [0.1, 0.15) is 5.82 Å².